The maximum absolute atomic E-state index is 8.94. The molecule has 2 rings (SSSR count). The predicted octanol–water partition coefficient (Wildman–Crippen LogP) is 3.84. The Balaban J connectivity index is 0.000000171. The summed E-state index contributed by atoms with van der Waals surface area (Å²) in [5.74, 6) is -0.0548. The van der Waals surface area contributed by atoms with Crippen molar-refractivity contribution in [3.8, 4) is 5.75 Å². The minimum Gasteiger partial charge on any atom is -0.505 e. The van der Waals surface area contributed by atoms with Gasteiger partial charge in [0.15, 0.2) is 5.75 Å². The highest BCUT2D eigenvalue weighted by Gasteiger charge is 1.99. The van der Waals surface area contributed by atoms with Gasteiger partial charge in [0.1, 0.15) is 0 Å². The van der Waals surface area contributed by atoms with Crippen molar-refractivity contribution in [1.29, 1.82) is 0 Å². The molecule has 0 bridgehead atoms. The van der Waals surface area contributed by atoms with Crippen LogP contribution < -0.4 is 5.73 Å². The maximum atomic E-state index is 8.94. The van der Waals surface area contributed by atoms with E-state index in [2.05, 4.69) is 0 Å². The lowest BCUT2D eigenvalue weighted by Gasteiger charge is -1.95. The van der Waals surface area contributed by atoms with Crippen molar-refractivity contribution in [3.63, 3.8) is 0 Å². The zero-order chi connectivity index (χ0) is 12.7. The third-order valence-corrected chi connectivity index (χ3v) is 2.63. The zero-order valence-electron chi connectivity index (χ0n) is 9.11. The van der Waals surface area contributed by atoms with E-state index in [1.807, 2.05) is 30.3 Å². The standard InChI is InChI=1S/C7H9N.C6H4Cl2O/c8-6-7-4-2-1-3-5-7;7-4-2-1-3-5(8)6(4)9/h1-5H,6,8H2;1-3,9H. The third-order valence-electron chi connectivity index (χ3n) is 2.02. The van der Waals surface area contributed by atoms with E-state index in [9.17, 15) is 0 Å². The Morgan fingerprint density at radius 2 is 1.41 bits per heavy atom. The summed E-state index contributed by atoms with van der Waals surface area (Å²) in [7, 11) is 0. The number of hydrogen-bond donors (Lipinski definition) is 2. The van der Waals surface area contributed by atoms with E-state index in [1.165, 1.54) is 5.56 Å². The van der Waals surface area contributed by atoms with Crippen LogP contribution in [0.25, 0.3) is 0 Å². The first kappa shape index (κ1) is 13.8. The molecule has 90 valence electrons. The molecule has 0 heterocycles. The van der Waals surface area contributed by atoms with E-state index in [1.54, 1.807) is 18.2 Å². The number of nitrogens with two attached hydrogens (primary N) is 1. The molecule has 0 unspecified atom stereocenters. The van der Waals surface area contributed by atoms with Crippen molar-refractivity contribution in [2.24, 2.45) is 5.73 Å². The Morgan fingerprint density at radius 1 is 0.882 bits per heavy atom. The highest BCUT2D eigenvalue weighted by Crippen LogP contribution is 2.30. The Morgan fingerprint density at radius 3 is 1.76 bits per heavy atom. The van der Waals surface area contributed by atoms with Crippen LogP contribution in [0.5, 0.6) is 5.75 Å². The molecule has 0 aromatic heterocycles. The molecule has 0 aliphatic heterocycles. The highest BCUT2D eigenvalue weighted by molar-refractivity contribution is 6.37. The molecule has 0 saturated carbocycles. The summed E-state index contributed by atoms with van der Waals surface area (Å²) in [5.41, 5.74) is 6.54. The smallest absolute Gasteiger partial charge is 0.152 e. The van der Waals surface area contributed by atoms with Gasteiger partial charge >= 0.3 is 0 Å². The van der Waals surface area contributed by atoms with E-state index in [4.69, 9.17) is 34.0 Å². The van der Waals surface area contributed by atoms with Crippen molar-refractivity contribution < 1.29 is 5.11 Å². The molecule has 0 aliphatic carbocycles. The van der Waals surface area contributed by atoms with Crippen LogP contribution in [0, 0.1) is 0 Å². The van der Waals surface area contributed by atoms with Gasteiger partial charge in [-0.05, 0) is 17.7 Å². The average Bonchev–Trinajstić information content (AvgIpc) is 2.37. The first-order valence-corrected chi connectivity index (χ1v) is 5.77. The predicted molar refractivity (Wildman–Crippen MR) is 72.5 cm³/mol. The van der Waals surface area contributed by atoms with Crippen LogP contribution >= 0.6 is 23.2 Å². The Kier molecular flexibility index (Phi) is 5.84. The lowest BCUT2D eigenvalue weighted by atomic mass is 10.2. The van der Waals surface area contributed by atoms with E-state index < -0.39 is 0 Å². The molecule has 2 nitrogen and oxygen atoms in total. The van der Waals surface area contributed by atoms with Gasteiger partial charge in [-0.25, -0.2) is 0 Å². The summed E-state index contributed by atoms with van der Waals surface area (Å²) in [6, 6.07) is 14.8. The lowest BCUT2D eigenvalue weighted by Crippen LogP contribution is -1.94. The molecule has 0 fully saturated rings. The summed E-state index contributed by atoms with van der Waals surface area (Å²) in [6.07, 6.45) is 0. The van der Waals surface area contributed by atoms with Crippen molar-refractivity contribution in [1.82, 2.24) is 0 Å². The molecule has 0 radical (unpaired) electrons. The first-order chi connectivity index (χ1) is 8.15. The Hall–Kier alpha value is -1.22. The van der Waals surface area contributed by atoms with Crippen LogP contribution in [0.4, 0.5) is 0 Å². The van der Waals surface area contributed by atoms with Gasteiger partial charge in [0.2, 0.25) is 0 Å². The first-order valence-electron chi connectivity index (χ1n) is 5.02. The monoisotopic (exact) mass is 269 g/mol. The topological polar surface area (TPSA) is 46.2 Å². The van der Waals surface area contributed by atoms with Crippen molar-refractivity contribution >= 4 is 23.2 Å². The molecular weight excluding hydrogens is 257 g/mol. The summed E-state index contributed by atoms with van der Waals surface area (Å²) in [4.78, 5) is 0. The summed E-state index contributed by atoms with van der Waals surface area (Å²) >= 11 is 11.0. The quantitative estimate of drug-likeness (QED) is 0.826. The molecule has 3 N–H and O–H groups in total. The number of phenolic OH excluding ortho intramolecular Hbond substituents is 1. The Bertz CT molecular complexity index is 440. The van der Waals surface area contributed by atoms with Crippen LogP contribution in [-0.4, -0.2) is 5.11 Å². The molecule has 0 amide bonds. The number of para-hydroxylation sites is 1. The van der Waals surface area contributed by atoms with Crippen molar-refractivity contribution in [3.05, 3.63) is 64.1 Å². The molecule has 0 aliphatic rings. The van der Waals surface area contributed by atoms with E-state index in [0.717, 1.165) is 0 Å². The number of hydrogen-bond acceptors (Lipinski definition) is 2. The van der Waals surface area contributed by atoms with E-state index in [-0.39, 0.29) is 15.8 Å². The zero-order valence-corrected chi connectivity index (χ0v) is 10.6. The van der Waals surface area contributed by atoms with Crippen LogP contribution in [0.1, 0.15) is 5.56 Å². The summed E-state index contributed by atoms with van der Waals surface area (Å²) in [5, 5.41) is 9.50. The van der Waals surface area contributed by atoms with Gasteiger partial charge in [0.25, 0.3) is 0 Å². The molecule has 0 atom stereocenters. The van der Waals surface area contributed by atoms with Gasteiger partial charge in [-0.1, -0.05) is 59.6 Å². The average molecular weight is 270 g/mol. The number of benzene rings is 2. The highest BCUT2D eigenvalue weighted by atomic mass is 35.5. The normalized spacial score (nSPS) is 9.35. The minimum atomic E-state index is -0.0548. The second kappa shape index (κ2) is 7.17. The largest absolute Gasteiger partial charge is 0.505 e. The van der Waals surface area contributed by atoms with Gasteiger partial charge in [0.05, 0.1) is 10.0 Å². The van der Waals surface area contributed by atoms with Crippen LogP contribution in [-0.2, 0) is 6.54 Å². The Labute approximate surface area is 111 Å². The molecule has 4 heteroatoms. The SMILES string of the molecule is NCc1ccccc1.Oc1c(Cl)cccc1Cl. The summed E-state index contributed by atoms with van der Waals surface area (Å²) in [6.45, 7) is 0.640. The second-order valence-corrected chi connectivity index (χ2v) is 4.07. The fraction of sp³-hybridized carbons (Fsp3) is 0.0769. The number of aromatic hydroxyl groups is 1. The van der Waals surface area contributed by atoms with Crippen LogP contribution in [0.15, 0.2) is 48.5 Å². The van der Waals surface area contributed by atoms with Gasteiger partial charge < -0.3 is 10.8 Å². The third kappa shape index (κ3) is 4.65. The molecule has 0 saturated heterocycles. The lowest BCUT2D eigenvalue weighted by molar-refractivity contribution is 0.476. The molecule has 0 spiro atoms. The molecule has 2 aromatic carbocycles. The fourth-order valence-corrected chi connectivity index (χ4v) is 1.50. The van der Waals surface area contributed by atoms with Crippen molar-refractivity contribution in [2.75, 3.05) is 0 Å². The number of rotatable bonds is 1. The van der Waals surface area contributed by atoms with Gasteiger partial charge in [-0.15, -0.1) is 0 Å². The molecule has 17 heavy (non-hydrogen) atoms. The second-order valence-electron chi connectivity index (χ2n) is 3.26. The van der Waals surface area contributed by atoms with Gasteiger partial charge in [-0.3, -0.25) is 0 Å². The summed E-state index contributed by atoms with van der Waals surface area (Å²) < 4.78 is 0. The molecular formula is C13H13Cl2NO. The van der Waals surface area contributed by atoms with Gasteiger partial charge in [-0.2, -0.15) is 0 Å². The van der Waals surface area contributed by atoms with Crippen molar-refractivity contribution in [2.45, 2.75) is 6.54 Å². The van der Waals surface area contributed by atoms with E-state index >= 15 is 0 Å². The number of halogens is 2. The number of phenols is 1. The van der Waals surface area contributed by atoms with Crippen LogP contribution in [0.2, 0.25) is 10.0 Å². The molecule has 2 aromatic rings. The fourth-order valence-electron chi connectivity index (χ4n) is 1.10. The van der Waals surface area contributed by atoms with Gasteiger partial charge in [0, 0.05) is 6.54 Å². The maximum Gasteiger partial charge on any atom is 0.152 e. The van der Waals surface area contributed by atoms with Crippen LogP contribution in [0.3, 0.4) is 0 Å². The minimum absolute atomic E-state index is 0.0548. The van der Waals surface area contributed by atoms with E-state index in [0.29, 0.717) is 6.54 Å².